The summed E-state index contributed by atoms with van der Waals surface area (Å²) < 4.78 is 5.36. The first kappa shape index (κ1) is 12.5. The molecule has 0 fully saturated rings. The summed E-state index contributed by atoms with van der Waals surface area (Å²) in [6.07, 6.45) is 0.871. The van der Waals surface area contributed by atoms with E-state index < -0.39 is 5.97 Å². The second-order valence-corrected chi connectivity index (χ2v) is 3.93. The van der Waals surface area contributed by atoms with Gasteiger partial charge in [0.2, 0.25) is 5.88 Å². The van der Waals surface area contributed by atoms with E-state index in [1.165, 1.54) is 6.07 Å². The summed E-state index contributed by atoms with van der Waals surface area (Å²) in [5.74, 6) is -0.376. The van der Waals surface area contributed by atoms with Crippen molar-refractivity contribution in [3.05, 3.63) is 23.4 Å². The molecule has 16 heavy (non-hydrogen) atoms. The molecule has 4 heteroatoms. The van der Waals surface area contributed by atoms with Crippen LogP contribution in [0.3, 0.4) is 0 Å². The highest BCUT2D eigenvalue weighted by Gasteiger charge is 2.11. The minimum atomic E-state index is -0.953. The van der Waals surface area contributed by atoms with E-state index in [9.17, 15) is 4.79 Å². The predicted molar refractivity (Wildman–Crippen MR) is 61.1 cm³/mol. The van der Waals surface area contributed by atoms with E-state index in [0.29, 0.717) is 12.5 Å². The van der Waals surface area contributed by atoms with Crippen LogP contribution in [0.1, 0.15) is 49.2 Å². The van der Waals surface area contributed by atoms with Crippen LogP contribution in [-0.2, 0) is 0 Å². The minimum absolute atomic E-state index is 0.184. The molecule has 0 aliphatic rings. The van der Waals surface area contributed by atoms with Crippen LogP contribution in [0.15, 0.2) is 12.1 Å². The molecule has 1 N–H and O–H groups in total. The van der Waals surface area contributed by atoms with Crippen LogP contribution in [0, 0.1) is 0 Å². The fraction of sp³-hybridized carbons (Fsp3) is 0.500. The van der Waals surface area contributed by atoms with Crippen LogP contribution in [0.25, 0.3) is 0 Å². The number of aromatic nitrogens is 1. The monoisotopic (exact) mass is 223 g/mol. The van der Waals surface area contributed by atoms with Gasteiger partial charge in [0.1, 0.15) is 0 Å². The van der Waals surface area contributed by atoms with E-state index in [1.807, 2.05) is 20.8 Å². The molecule has 1 aromatic heterocycles. The first-order chi connectivity index (χ1) is 7.54. The van der Waals surface area contributed by atoms with Crippen LogP contribution in [0.4, 0.5) is 0 Å². The molecule has 0 radical (unpaired) electrons. The van der Waals surface area contributed by atoms with Gasteiger partial charge in [-0.25, -0.2) is 9.78 Å². The Hall–Kier alpha value is -1.58. The fourth-order valence-corrected chi connectivity index (χ4v) is 1.23. The van der Waals surface area contributed by atoms with E-state index in [0.717, 1.165) is 12.1 Å². The zero-order chi connectivity index (χ0) is 12.1. The fourth-order valence-electron chi connectivity index (χ4n) is 1.23. The molecule has 0 unspecified atom stereocenters. The number of hydrogen-bond donors (Lipinski definition) is 1. The molecule has 0 aliphatic heterocycles. The lowest BCUT2D eigenvalue weighted by atomic mass is 10.1. The number of nitrogens with zero attached hydrogens (tertiary/aromatic N) is 1. The summed E-state index contributed by atoms with van der Waals surface area (Å²) in [6.45, 7) is 6.48. The third-order valence-corrected chi connectivity index (χ3v) is 2.11. The Labute approximate surface area is 95.3 Å². The van der Waals surface area contributed by atoms with Crippen molar-refractivity contribution in [3.63, 3.8) is 0 Å². The van der Waals surface area contributed by atoms with Crippen LogP contribution in [0.2, 0.25) is 0 Å². The standard InChI is InChI=1S/C12H17NO3/c1-4-5-16-11-7-9(12(14)15)6-10(13-11)8(2)3/h6-8H,4-5H2,1-3H3,(H,14,15). The van der Waals surface area contributed by atoms with Gasteiger partial charge in [0.05, 0.1) is 12.2 Å². The maximum absolute atomic E-state index is 10.9. The molecule has 1 rings (SSSR count). The Kier molecular flexibility index (Phi) is 4.28. The van der Waals surface area contributed by atoms with E-state index >= 15 is 0 Å². The van der Waals surface area contributed by atoms with Crippen molar-refractivity contribution < 1.29 is 14.6 Å². The van der Waals surface area contributed by atoms with E-state index in [2.05, 4.69) is 4.98 Å². The van der Waals surface area contributed by atoms with Crippen molar-refractivity contribution in [2.75, 3.05) is 6.61 Å². The molecule has 0 aliphatic carbocycles. The highest BCUT2D eigenvalue weighted by atomic mass is 16.5. The van der Waals surface area contributed by atoms with Gasteiger partial charge in [-0.05, 0) is 18.4 Å². The van der Waals surface area contributed by atoms with Crippen molar-refractivity contribution in [2.45, 2.75) is 33.1 Å². The van der Waals surface area contributed by atoms with Crippen LogP contribution in [-0.4, -0.2) is 22.7 Å². The maximum Gasteiger partial charge on any atom is 0.335 e. The average Bonchev–Trinajstić information content (AvgIpc) is 2.25. The first-order valence-corrected chi connectivity index (χ1v) is 5.42. The van der Waals surface area contributed by atoms with Crippen molar-refractivity contribution in [1.29, 1.82) is 0 Å². The Morgan fingerprint density at radius 1 is 1.50 bits per heavy atom. The largest absolute Gasteiger partial charge is 0.478 e. The van der Waals surface area contributed by atoms with Gasteiger partial charge in [0.25, 0.3) is 0 Å². The second-order valence-electron chi connectivity index (χ2n) is 3.93. The third kappa shape index (κ3) is 3.22. The molecule has 0 amide bonds. The van der Waals surface area contributed by atoms with E-state index in [4.69, 9.17) is 9.84 Å². The molecule has 1 aromatic rings. The molecule has 0 atom stereocenters. The first-order valence-electron chi connectivity index (χ1n) is 5.42. The molecule has 0 aromatic carbocycles. The van der Waals surface area contributed by atoms with Crippen LogP contribution < -0.4 is 4.74 Å². The summed E-state index contributed by atoms with van der Waals surface area (Å²) in [4.78, 5) is 15.2. The lowest BCUT2D eigenvalue weighted by Crippen LogP contribution is -2.05. The molecule has 0 bridgehead atoms. The summed E-state index contributed by atoms with van der Waals surface area (Å²) in [6, 6.07) is 3.05. The average molecular weight is 223 g/mol. The number of hydrogen-bond acceptors (Lipinski definition) is 3. The smallest absolute Gasteiger partial charge is 0.335 e. The second kappa shape index (κ2) is 5.49. The van der Waals surface area contributed by atoms with Gasteiger partial charge in [-0.3, -0.25) is 0 Å². The van der Waals surface area contributed by atoms with Gasteiger partial charge in [-0.2, -0.15) is 0 Å². The van der Waals surface area contributed by atoms with Gasteiger partial charge >= 0.3 is 5.97 Å². The number of rotatable bonds is 5. The molecule has 4 nitrogen and oxygen atoms in total. The van der Waals surface area contributed by atoms with Crippen molar-refractivity contribution in [3.8, 4) is 5.88 Å². The number of pyridine rings is 1. The predicted octanol–water partition coefficient (Wildman–Crippen LogP) is 2.69. The Morgan fingerprint density at radius 3 is 2.69 bits per heavy atom. The van der Waals surface area contributed by atoms with Gasteiger partial charge in [0, 0.05) is 11.8 Å². The van der Waals surface area contributed by atoms with Gasteiger partial charge in [-0.15, -0.1) is 0 Å². The van der Waals surface area contributed by atoms with Crippen molar-refractivity contribution in [2.24, 2.45) is 0 Å². The summed E-state index contributed by atoms with van der Waals surface area (Å²) in [7, 11) is 0. The number of aromatic carboxylic acids is 1. The lowest BCUT2D eigenvalue weighted by Gasteiger charge is -2.09. The summed E-state index contributed by atoms with van der Waals surface area (Å²) in [5, 5.41) is 8.96. The zero-order valence-corrected chi connectivity index (χ0v) is 9.86. The highest BCUT2D eigenvalue weighted by Crippen LogP contribution is 2.19. The topological polar surface area (TPSA) is 59.4 Å². The molecular formula is C12H17NO3. The lowest BCUT2D eigenvalue weighted by molar-refractivity contribution is 0.0696. The maximum atomic E-state index is 10.9. The number of carboxylic acids is 1. The zero-order valence-electron chi connectivity index (χ0n) is 9.86. The summed E-state index contributed by atoms with van der Waals surface area (Å²) >= 11 is 0. The van der Waals surface area contributed by atoms with Crippen molar-refractivity contribution in [1.82, 2.24) is 4.98 Å². The van der Waals surface area contributed by atoms with E-state index in [1.54, 1.807) is 6.07 Å². The van der Waals surface area contributed by atoms with Gasteiger partial charge < -0.3 is 9.84 Å². The van der Waals surface area contributed by atoms with Crippen LogP contribution >= 0.6 is 0 Å². The highest BCUT2D eigenvalue weighted by molar-refractivity contribution is 5.88. The Balaban J connectivity index is 3.03. The molecule has 0 saturated carbocycles. The minimum Gasteiger partial charge on any atom is -0.478 e. The molecule has 0 spiro atoms. The Morgan fingerprint density at radius 2 is 2.19 bits per heavy atom. The number of ether oxygens (including phenoxy) is 1. The molecule has 88 valence electrons. The SMILES string of the molecule is CCCOc1cc(C(=O)O)cc(C(C)C)n1. The van der Waals surface area contributed by atoms with Gasteiger partial charge in [-0.1, -0.05) is 20.8 Å². The molecule has 1 heterocycles. The van der Waals surface area contributed by atoms with E-state index in [-0.39, 0.29) is 11.5 Å². The van der Waals surface area contributed by atoms with Crippen LogP contribution in [0.5, 0.6) is 5.88 Å². The normalized spacial score (nSPS) is 10.5. The third-order valence-electron chi connectivity index (χ3n) is 2.11. The van der Waals surface area contributed by atoms with Crippen molar-refractivity contribution >= 4 is 5.97 Å². The summed E-state index contributed by atoms with van der Waals surface area (Å²) in [5.41, 5.74) is 0.968. The molecular weight excluding hydrogens is 206 g/mol. The number of carbonyl (C=O) groups is 1. The quantitative estimate of drug-likeness (QED) is 0.833. The van der Waals surface area contributed by atoms with Gasteiger partial charge in [0.15, 0.2) is 0 Å². The number of carboxylic acid groups (broad SMARTS) is 1. The molecule has 0 saturated heterocycles. The Bertz CT molecular complexity index is 375.